The number of halogens is 1. The third kappa shape index (κ3) is 3.70. The molecule has 0 saturated carbocycles. The van der Waals surface area contributed by atoms with Gasteiger partial charge in [-0.25, -0.2) is 4.39 Å². The van der Waals surface area contributed by atoms with Gasteiger partial charge in [0, 0.05) is 24.7 Å². The van der Waals surface area contributed by atoms with Gasteiger partial charge in [0.1, 0.15) is 5.82 Å². The maximum absolute atomic E-state index is 13.8. The molecule has 114 valence electrons. The van der Waals surface area contributed by atoms with Crippen LogP contribution in [0, 0.1) is 5.82 Å². The molecule has 2 aromatic rings. The maximum atomic E-state index is 13.8. The first-order valence-electron chi connectivity index (χ1n) is 7.64. The van der Waals surface area contributed by atoms with Crippen molar-refractivity contribution in [1.82, 2.24) is 0 Å². The molecule has 0 N–H and O–H groups in total. The van der Waals surface area contributed by atoms with E-state index in [1.807, 2.05) is 36.4 Å². The SMILES string of the molecule is C=Cc1ccccc1/C(Cc1ccc(F)c(CCC)c1)=N\C. The van der Waals surface area contributed by atoms with E-state index in [4.69, 9.17) is 0 Å². The second kappa shape index (κ2) is 7.69. The first kappa shape index (κ1) is 16.2. The molecule has 22 heavy (non-hydrogen) atoms. The van der Waals surface area contributed by atoms with E-state index < -0.39 is 0 Å². The lowest BCUT2D eigenvalue weighted by molar-refractivity contribution is 0.606. The van der Waals surface area contributed by atoms with Crippen molar-refractivity contribution in [2.45, 2.75) is 26.2 Å². The molecule has 0 aliphatic heterocycles. The van der Waals surface area contributed by atoms with Crippen molar-refractivity contribution in [3.8, 4) is 0 Å². The van der Waals surface area contributed by atoms with Crippen LogP contribution in [0.5, 0.6) is 0 Å². The van der Waals surface area contributed by atoms with Crippen LogP contribution in [0.2, 0.25) is 0 Å². The van der Waals surface area contributed by atoms with Crippen LogP contribution in [0.25, 0.3) is 6.08 Å². The minimum Gasteiger partial charge on any atom is -0.292 e. The van der Waals surface area contributed by atoms with Gasteiger partial charge in [0.2, 0.25) is 0 Å². The van der Waals surface area contributed by atoms with E-state index in [1.165, 1.54) is 0 Å². The minimum absolute atomic E-state index is 0.118. The summed E-state index contributed by atoms with van der Waals surface area (Å²) in [6.45, 7) is 5.92. The van der Waals surface area contributed by atoms with E-state index in [0.717, 1.165) is 40.8 Å². The summed E-state index contributed by atoms with van der Waals surface area (Å²) in [5, 5.41) is 0. The Hall–Kier alpha value is -2.22. The van der Waals surface area contributed by atoms with Crippen LogP contribution in [0.4, 0.5) is 4.39 Å². The summed E-state index contributed by atoms with van der Waals surface area (Å²) in [7, 11) is 1.80. The van der Waals surface area contributed by atoms with Gasteiger partial charge in [-0.3, -0.25) is 4.99 Å². The summed E-state index contributed by atoms with van der Waals surface area (Å²) in [6, 6.07) is 13.4. The first-order chi connectivity index (χ1) is 10.7. The Bertz CT molecular complexity index is 686. The number of hydrogen-bond donors (Lipinski definition) is 0. The van der Waals surface area contributed by atoms with Crippen LogP contribution in [-0.2, 0) is 12.8 Å². The number of rotatable bonds is 6. The smallest absolute Gasteiger partial charge is 0.126 e. The summed E-state index contributed by atoms with van der Waals surface area (Å²) >= 11 is 0. The average Bonchev–Trinajstić information content (AvgIpc) is 2.55. The number of aliphatic imine (C=N–C) groups is 1. The van der Waals surface area contributed by atoms with E-state index in [-0.39, 0.29) is 5.82 Å². The van der Waals surface area contributed by atoms with Gasteiger partial charge in [0.15, 0.2) is 0 Å². The summed E-state index contributed by atoms with van der Waals surface area (Å²) in [6.07, 6.45) is 4.24. The van der Waals surface area contributed by atoms with Gasteiger partial charge in [0.05, 0.1) is 0 Å². The summed E-state index contributed by atoms with van der Waals surface area (Å²) in [5.41, 5.74) is 5.02. The van der Waals surface area contributed by atoms with Gasteiger partial charge in [0.25, 0.3) is 0 Å². The second-order valence-corrected chi connectivity index (χ2v) is 5.31. The van der Waals surface area contributed by atoms with Gasteiger partial charge in [-0.2, -0.15) is 0 Å². The quantitative estimate of drug-likeness (QED) is 0.659. The molecule has 0 spiro atoms. The highest BCUT2D eigenvalue weighted by molar-refractivity contribution is 6.04. The molecule has 0 aliphatic rings. The van der Waals surface area contributed by atoms with E-state index in [9.17, 15) is 4.39 Å². The van der Waals surface area contributed by atoms with E-state index >= 15 is 0 Å². The Kier molecular flexibility index (Phi) is 5.65. The molecule has 2 aromatic carbocycles. The molecule has 0 aromatic heterocycles. The van der Waals surface area contributed by atoms with Crippen LogP contribution in [-0.4, -0.2) is 12.8 Å². The predicted octanol–water partition coefficient (Wildman–Crippen LogP) is 5.08. The maximum Gasteiger partial charge on any atom is 0.126 e. The largest absolute Gasteiger partial charge is 0.292 e. The Morgan fingerprint density at radius 2 is 2.00 bits per heavy atom. The van der Waals surface area contributed by atoms with E-state index in [0.29, 0.717) is 6.42 Å². The minimum atomic E-state index is -0.118. The highest BCUT2D eigenvalue weighted by Crippen LogP contribution is 2.17. The van der Waals surface area contributed by atoms with Crippen molar-refractivity contribution >= 4 is 11.8 Å². The van der Waals surface area contributed by atoms with E-state index in [1.54, 1.807) is 13.1 Å². The Morgan fingerprint density at radius 1 is 1.23 bits per heavy atom. The Balaban J connectivity index is 2.31. The molecule has 1 nitrogen and oxygen atoms in total. The predicted molar refractivity (Wildman–Crippen MR) is 93.1 cm³/mol. The molecule has 2 heteroatoms. The van der Waals surface area contributed by atoms with Crippen LogP contribution in [0.1, 0.15) is 35.6 Å². The number of nitrogens with zero attached hydrogens (tertiary/aromatic N) is 1. The lowest BCUT2D eigenvalue weighted by Gasteiger charge is -2.11. The molecule has 0 aliphatic carbocycles. The Labute approximate surface area is 132 Å². The van der Waals surface area contributed by atoms with Crippen molar-refractivity contribution < 1.29 is 4.39 Å². The fraction of sp³-hybridized carbons (Fsp3) is 0.250. The second-order valence-electron chi connectivity index (χ2n) is 5.31. The molecule has 0 unspecified atom stereocenters. The molecule has 0 heterocycles. The fourth-order valence-electron chi connectivity index (χ4n) is 2.62. The van der Waals surface area contributed by atoms with Crippen molar-refractivity contribution in [3.05, 3.63) is 77.1 Å². The average molecular weight is 295 g/mol. The molecule has 0 amide bonds. The molecule has 0 radical (unpaired) electrons. The summed E-state index contributed by atoms with van der Waals surface area (Å²) in [5.74, 6) is -0.118. The molecule has 0 fully saturated rings. The van der Waals surface area contributed by atoms with E-state index in [2.05, 4.69) is 24.6 Å². The Morgan fingerprint density at radius 3 is 2.68 bits per heavy atom. The number of hydrogen-bond acceptors (Lipinski definition) is 1. The van der Waals surface area contributed by atoms with Crippen LogP contribution in [0.15, 0.2) is 54.0 Å². The normalized spacial score (nSPS) is 11.5. The molecular weight excluding hydrogens is 273 g/mol. The molecule has 0 saturated heterocycles. The lowest BCUT2D eigenvalue weighted by atomic mass is 9.96. The van der Waals surface area contributed by atoms with Crippen LogP contribution >= 0.6 is 0 Å². The van der Waals surface area contributed by atoms with Gasteiger partial charge >= 0.3 is 0 Å². The first-order valence-corrected chi connectivity index (χ1v) is 7.64. The van der Waals surface area contributed by atoms with Gasteiger partial charge < -0.3 is 0 Å². The highest BCUT2D eigenvalue weighted by Gasteiger charge is 2.09. The third-order valence-electron chi connectivity index (χ3n) is 3.76. The standard InChI is InChI=1S/C20H22FN/c1-4-8-17-13-15(11-12-19(17)21)14-20(22-3)18-10-7-6-9-16(18)5-2/h5-7,9-13H,2,4,8,14H2,1,3H3/b22-20-. The zero-order chi connectivity index (χ0) is 15.9. The van der Waals surface area contributed by atoms with Gasteiger partial charge in [-0.15, -0.1) is 0 Å². The third-order valence-corrected chi connectivity index (χ3v) is 3.76. The number of aryl methyl sites for hydroxylation is 1. The molecule has 0 bridgehead atoms. The lowest BCUT2D eigenvalue weighted by Crippen LogP contribution is -2.08. The van der Waals surface area contributed by atoms with Crippen molar-refractivity contribution in [1.29, 1.82) is 0 Å². The van der Waals surface area contributed by atoms with Crippen molar-refractivity contribution in [2.24, 2.45) is 4.99 Å². The van der Waals surface area contributed by atoms with Crippen molar-refractivity contribution in [2.75, 3.05) is 7.05 Å². The molecule has 2 rings (SSSR count). The topological polar surface area (TPSA) is 12.4 Å². The van der Waals surface area contributed by atoms with Crippen molar-refractivity contribution in [3.63, 3.8) is 0 Å². The highest BCUT2D eigenvalue weighted by atomic mass is 19.1. The monoisotopic (exact) mass is 295 g/mol. The molecular formula is C20H22FN. The van der Waals surface area contributed by atoms with Crippen LogP contribution < -0.4 is 0 Å². The number of benzene rings is 2. The zero-order valence-corrected chi connectivity index (χ0v) is 13.3. The summed E-state index contributed by atoms with van der Waals surface area (Å²) in [4.78, 5) is 4.44. The van der Waals surface area contributed by atoms with Gasteiger partial charge in [-0.1, -0.05) is 62.4 Å². The fourth-order valence-corrected chi connectivity index (χ4v) is 2.62. The van der Waals surface area contributed by atoms with Gasteiger partial charge in [-0.05, 0) is 29.2 Å². The van der Waals surface area contributed by atoms with Crippen LogP contribution in [0.3, 0.4) is 0 Å². The molecule has 0 atom stereocenters. The zero-order valence-electron chi connectivity index (χ0n) is 13.3. The summed E-state index contributed by atoms with van der Waals surface area (Å²) < 4.78 is 13.8.